The molecule has 1 atom stereocenters. The van der Waals surface area contributed by atoms with Crippen LogP contribution < -0.4 is 0 Å². The summed E-state index contributed by atoms with van der Waals surface area (Å²) in [6, 6.07) is 5.29. The number of para-hydroxylation sites is 1. The lowest BCUT2D eigenvalue weighted by molar-refractivity contribution is -0.150. The van der Waals surface area contributed by atoms with Crippen LogP contribution in [-0.4, -0.2) is 18.2 Å². The zero-order valence-corrected chi connectivity index (χ0v) is 9.06. The summed E-state index contributed by atoms with van der Waals surface area (Å²) in [5.41, 5.74) is 1.92. The molecule has 0 bridgehead atoms. The van der Waals surface area contributed by atoms with E-state index in [4.69, 9.17) is 4.42 Å². The first-order valence-electron chi connectivity index (χ1n) is 4.87. The third-order valence-corrected chi connectivity index (χ3v) is 2.54. The van der Waals surface area contributed by atoms with E-state index >= 15 is 0 Å². The average molecular weight is 220 g/mol. The molecule has 4 nitrogen and oxygen atoms in total. The van der Waals surface area contributed by atoms with Gasteiger partial charge in [0.1, 0.15) is 5.58 Å². The number of carbonyl (C=O) groups is 1. The maximum atomic E-state index is 11.2. The molecule has 0 aliphatic carbocycles. The molecule has 0 radical (unpaired) electrons. The van der Waals surface area contributed by atoms with Gasteiger partial charge in [0.2, 0.25) is 0 Å². The number of esters is 1. The minimum Gasteiger partial charge on any atom is -0.467 e. The quantitative estimate of drug-likeness (QED) is 0.786. The number of fused-ring (bicyclic) bond motifs is 1. The Morgan fingerprint density at radius 1 is 1.50 bits per heavy atom. The van der Waals surface area contributed by atoms with Gasteiger partial charge in [-0.05, 0) is 12.5 Å². The largest absolute Gasteiger partial charge is 0.467 e. The van der Waals surface area contributed by atoms with Gasteiger partial charge < -0.3 is 14.3 Å². The normalized spacial score (nSPS) is 12.7. The predicted molar refractivity (Wildman–Crippen MR) is 57.9 cm³/mol. The second-order valence-electron chi connectivity index (χ2n) is 3.57. The maximum Gasteiger partial charge on any atom is 0.339 e. The van der Waals surface area contributed by atoms with Crippen LogP contribution in [0.25, 0.3) is 11.0 Å². The number of aryl methyl sites for hydroxylation is 1. The van der Waals surface area contributed by atoms with Gasteiger partial charge >= 0.3 is 5.97 Å². The minimum atomic E-state index is -1.31. The average Bonchev–Trinajstić information content (AvgIpc) is 2.69. The van der Waals surface area contributed by atoms with E-state index in [0.29, 0.717) is 11.1 Å². The summed E-state index contributed by atoms with van der Waals surface area (Å²) in [6.45, 7) is 1.90. The maximum absolute atomic E-state index is 11.2. The third kappa shape index (κ3) is 1.57. The summed E-state index contributed by atoms with van der Waals surface area (Å²) < 4.78 is 9.82. The summed E-state index contributed by atoms with van der Waals surface area (Å²) in [7, 11) is 1.24. The molecule has 2 aromatic rings. The second-order valence-corrected chi connectivity index (χ2v) is 3.57. The minimum absolute atomic E-state index is 0.428. The Labute approximate surface area is 92.4 Å². The molecule has 2 rings (SSSR count). The van der Waals surface area contributed by atoms with E-state index in [1.165, 1.54) is 7.11 Å². The van der Waals surface area contributed by atoms with E-state index in [1.54, 1.807) is 18.4 Å². The number of rotatable bonds is 2. The van der Waals surface area contributed by atoms with E-state index < -0.39 is 12.1 Å². The number of methoxy groups -OCH3 is 1. The molecule has 84 valence electrons. The van der Waals surface area contributed by atoms with Crippen LogP contribution >= 0.6 is 0 Å². The molecule has 16 heavy (non-hydrogen) atoms. The van der Waals surface area contributed by atoms with Crippen LogP contribution in [0.2, 0.25) is 0 Å². The zero-order valence-electron chi connectivity index (χ0n) is 9.06. The molecular weight excluding hydrogens is 208 g/mol. The molecule has 0 saturated heterocycles. The first-order chi connectivity index (χ1) is 7.65. The lowest BCUT2D eigenvalue weighted by Gasteiger charge is -2.08. The molecular formula is C12H12O4. The van der Waals surface area contributed by atoms with Gasteiger partial charge in [-0.2, -0.15) is 0 Å². The first-order valence-corrected chi connectivity index (χ1v) is 4.87. The Balaban J connectivity index is 2.56. The van der Waals surface area contributed by atoms with Crippen LogP contribution in [0.15, 0.2) is 28.9 Å². The van der Waals surface area contributed by atoms with Gasteiger partial charge in [0.05, 0.1) is 13.4 Å². The molecule has 1 N–H and O–H groups in total. The van der Waals surface area contributed by atoms with E-state index in [-0.39, 0.29) is 0 Å². The lowest BCUT2D eigenvalue weighted by Crippen LogP contribution is -2.13. The van der Waals surface area contributed by atoms with Crippen LogP contribution in [0.1, 0.15) is 17.2 Å². The third-order valence-electron chi connectivity index (χ3n) is 2.54. The topological polar surface area (TPSA) is 59.7 Å². The van der Waals surface area contributed by atoms with Crippen LogP contribution in [0.3, 0.4) is 0 Å². The fraction of sp³-hybridized carbons (Fsp3) is 0.250. The van der Waals surface area contributed by atoms with Crippen molar-refractivity contribution in [3.8, 4) is 0 Å². The molecule has 4 heteroatoms. The molecule has 0 aliphatic rings. The standard InChI is InChI=1S/C12H12O4/c1-7-6-16-11-8(7)4-3-5-9(11)10(13)12(14)15-2/h3-6,10,13H,1-2H3. The summed E-state index contributed by atoms with van der Waals surface area (Å²) in [6.07, 6.45) is 0.289. The van der Waals surface area contributed by atoms with Crippen molar-refractivity contribution >= 4 is 16.9 Å². The van der Waals surface area contributed by atoms with Crippen molar-refractivity contribution in [2.24, 2.45) is 0 Å². The summed E-state index contributed by atoms with van der Waals surface area (Å²) in [4.78, 5) is 11.2. The van der Waals surface area contributed by atoms with Crippen molar-refractivity contribution in [2.75, 3.05) is 7.11 Å². The summed E-state index contributed by atoms with van der Waals surface area (Å²) >= 11 is 0. The molecule has 1 aromatic carbocycles. The number of furan rings is 1. The van der Waals surface area contributed by atoms with Crippen LogP contribution in [0, 0.1) is 6.92 Å². The summed E-state index contributed by atoms with van der Waals surface area (Å²) in [5, 5.41) is 10.7. The smallest absolute Gasteiger partial charge is 0.339 e. The molecule has 0 spiro atoms. The van der Waals surface area contributed by atoms with Crippen LogP contribution in [0.5, 0.6) is 0 Å². The van der Waals surface area contributed by atoms with Gasteiger partial charge in [0, 0.05) is 10.9 Å². The van der Waals surface area contributed by atoms with Gasteiger partial charge in [0.15, 0.2) is 6.10 Å². The lowest BCUT2D eigenvalue weighted by atomic mass is 10.1. The second kappa shape index (κ2) is 3.98. The van der Waals surface area contributed by atoms with Gasteiger partial charge in [-0.3, -0.25) is 0 Å². The Kier molecular flexibility index (Phi) is 2.66. The van der Waals surface area contributed by atoms with Crippen molar-refractivity contribution in [2.45, 2.75) is 13.0 Å². The van der Waals surface area contributed by atoms with Crippen molar-refractivity contribution < 1.29 is 19.1 Å². The van der Waals surface area contributed by atoms with Crippen molar-refractivity contribution in [1.82, 2.24) is 0 Å². The Morgan fingerprint density at radius 3 is 2.94 bits per heavy atom. The number of aliphatic hydroxyl groups is 1. The highest BCUT2D eigenvalue weighted by atomic mass is 16.5. The highest BCUT2D eigenvalue weighted by molar-refractivity contribution is 5.88. The summed E-state index contributed by atoms with van der Waals surface area (Å²) in [5.74, 6) is -0.693. The first kappa shape index (κ1) is 10.7. The molecule has 1 unspecified atom stereocenters. The van der Waals surface area contributed by atoms with E-state index in [0.717, 1.165) is 10.9 Å². The fourth-order valence-corrected chi connectivity index (χ4v) is 1.66. The molecule has 0 aliphatic heterocycles. The van der Waals surface area contributed by atoms with Crippen LogP contribution in [-0.2, 0) is 9.53 Å². The molecule has 1 aromatic heterocycles. The predicted octanol–water partition coefficient (Wildman–Crippen LogP) is 1.95. The van der Waals surface area contributed by atoms with Crippen molar-refractivity contribution in [1.29, 1.82) is 0 Å². The highest BCUT2D eigenvalue weighted by Crippen LogP contribution is 2.28. The molecule has 0 amide bonds. The Hall–Kier alpha value is -1.81. The monoisotopic (exact) mass is 220 g/mol. The molecule has 1 heterocycles. The highest BCUT2D eigenvalue weighted by Gasteiger charge is 2.22. The van der Waals surface area contributed by atoms with Gasteiger partial charge in [-0.25, -0.2) is 4.79 Å². The van der Waals surface area contributed by atoms with Crippen molar-refractivity contribution in [3.63, 3.8) is 0 Å². The number of ether oxygens (including phenoxy) is 1. The number of carbonyl (C=O) groups excluding carboxylic acids is 1. The molecule has 0 saturated carbocycles. The number of aliphatic hydroxyl groups excluding tert-OH is 1. The van der Waals surface area contributed by atoms with Gasteiger partial charge in [-0.1, -0.05) is 18.2 Å². The van der Waals surface area contributed by atoms with E-state index in [2.05, 4.69) is 4.74 Å². The fourth-order valence-electron chi connectivity index (χ4n) is 1.66. The SMILES string of the molecule is COC(=O)C(O)c1cccc2c(C)coc12. The number of hydrogen-bond acceptors (Lipinski definition) is 4. The van der Waals surface area contributed by atoms with Gasteiger partial charge in [0.25, 0.3) is 0 Å². The van der Waals surface area contributed by atoms with Crippen molar-refractivity contribution in [3.05, 3.63) is 35.6 Å². The zero-order chi connectivity index (χ0) is 11.7. The number of benzene rings is 1. The van der Waals surface area contributed by atoms with E-state index in [9.17, 15) is 9.90 Å². The van der Waals surface area contributed by atoms with Gasteiger partial charge in [-0.15, -0.1) is 0 Å². The number of hydrogen-bond donors (Lipinski definition) is 1. The Bertz CT molecular complexity index is 527. The Morgan fingerprint density at radius 2 is 2.25 bits per heavy atom. The van der Waals surface area contributed by atoms with Crippen LogP contribution in [0.4, 0.5) is 0 Å². The molecule has 0 fully saturated rings. The van der Waals surface area contributed by atoms with E-state index in [1.807, 2.05) is 13.0 Å².